The van der Waals surface area contributed by atoms with Gasteiger partial charge in [-0.05, 0) is 32.0 Å². The van der Waals surface area contributed by atoms with Crippen LogP contribution in [0.5, 0.6) is 0 Å². The van der Waals surface area contributed by atoms with Gasteiger partial charge in [-0.15, -0.1) is 0 Å². The number of carbonyl (C=O) groups excluding carboxylic acids is 2. The predicted molar refractivity (Wildman–Crippen MR) is 104 cm³/mol. The van der Waals surface area contributed by atoms with Crippen molar-refractivity contribution in [2.24, 2.45) is 0 Å². The fraction of sp³-hybridized carbons (Fsp3) is 0.400. The first kappa shape index (κ1) is 18.2. The molecule has 0 aromatic carbocycles. The summed E-state index contributed by atoms with van der Waals surface area (Å²) in [4.78, 5) is 33.1. The Morgan fingerprint density at radius 1 is 1.14 bits per heavy atom. The number of fused-ring (bicyclic) bond motifs is 1. The highest BCUT2D eigenvalue weighted by Crippen LogP contribution is 2.27. The molecule has 4 heterocycles. The van der Waals surface area contributed by atoms with Crippen LogP contribution in [0.2, 0.25) is 0 Å². The Balaban J connectivity index is 1.75. The Morgan fingerprint density at radius 3 is 2.46 bits per heavy atom. The summed E-state index contributed by atoms with van der Waals surface area (Å²) in [7, 11) is 0. The highest BCUT2D eigenvalue weighted by atomic mass is 16.3. The molecule has 4 rings (SSSR count). The van der Waals surface area contributed by atoms with Crippen LogP contribution in [0.25, 0.3) is 22.5 Å². The predicted octanol–water partition coefficient (Wildman–Crippen LogP) is 2.58. The van der Waals surface area contributed by atoms with Gasteiger partial charge in [-0.25, -0.2) is 9.67 Å². The topological polar surface area (TPSA) is 84.5 Å². The number of nitrogens with zero attached hydrogens (tertiary/aromatic N) is 5. The molecule has 8 nitrogen and oxygen atoms in total. The minimum Gasteiger partial charge on any atom is -0.463 e. The molecule has 1 aliphatic heterocycles. The number of piperazine rings is 1. The van der Waals surface area contributed by atoms with Gasteiger partial charge < -0.3 is 14.2 Å². The molecule has 1 aliphatic rings. The number of aromatic nitrogens is 3. The van der Waals surface area contributed by atoms with Crippen molar-refractivity contribution in [2.45, 2.75) is 26.8 Å². The number of carbonyl (C=O) groups is 2. The average Bonchev–Trinajstić information content (AvgIpc) is 3.36. The van der Waals surface area contributed by atoms with Crippen molar-refractivity contribution in [2.75, 3.05) is 26.2 Å². The Bertz CT molecular complexity index is 1010. The summed E-state index contributed by atoms with van der Waals surface area (Å²) in [6.45, 7) is 7.72. The van der Waals surface area contributed by atoms with Crippen LogP contribution in [0, 0.1) is 0 Å². The van der Waals surface area contributed by atoms with E-state index in [2.05, 4.69) is 5.10 Å². The molecular weight excluding hydrogens is 358 g/mol. The van der Waals surface area contributed by atoms with Crippen LogP contribution >= 0.6 is 0 Å². The second-order valence-electron chi connectivity index (χ2n) is 7.25. The standard InChI is InChI=1S/C20H23N5O3/c1-13(2)25-19-16(12-21-25)15(11-17(22-19)18-5-4-10-28-18)20(27)24-8-6-23(7-9-24)14(3)26/h4-5,10-13H,6-9H2,1-3H3. The number of pyridine rings is 1. The van der Waals surface area contributed by atoms with E-state index in [1.54, 1.807) is 41.3 Å². The quantitative estimate of drug-likeness (QED) is 0.696. The Morgan fingerprint density at radius 2 is 1.86 bits per heavy atom. The maximum atomic E-state index is 13.3. The van der Waals surface area contributed by atoms with Gasteiger partial charge in [0.2, 0.25) is 5.91 Å². The number of rotatable bonds is 3. The largest absolute Gasteiger partial charge is 0.463 e. The number of amides is 2. The SMILES string of the molecule is CC(=O)N1CCN(C(=O)c2cc(-c3ccco3)nc3c2cnn3C(C)C)CC1. The zero-order valence-electron chi connectivity index (χ0n) is 16.3. The second-order valence-corrected chi connectivity index (χ2v) is 7.25. The molecule has 0 radical (unpaired) electrons. The number of furan rings is 1. The summed E-state index contributed by atoms with van der Waals surface area (Å²) < 4.78 is 7.32. The lowest BCUT2D eigenvalue weighted by atomic mass is 10.1. The summed E-state index contributed by atoms with van der Waals surface area (Å²) in [5, 5.41) is 5.17. The smallest absolute Gasteiger partial charge is 0.254 e. The molecule has 0 saturated carbocycles. The average molecular weight is 381 g/mol. The van der Waals surface area contributed by atoms with Gasteiger partial charge >= 0.3 is 0 Å². The molecule has 0 N–H and O–H groups in total. The van der Waals surface area contributed by atoms with Crippen LogP contribution in [0.15, 0.2) is 35.1 Å². The van der Waals surface area contributed by atoms with E-state index < -0.39 is 0 Å². The fourth-order valence-corrected chi connectivity index (χ4v) is 3.52. The summed E-state index contributed by atoms with van der Waals surface area (Å²) in [5.41, 5.74) is 1.82. The van der Waals surface area contributed by atoms with Crippen LogP contribution < -0.4 is 0 Å². The molecule has 1 fully saturated rings. The zero-order valence-corrected chi connectivity index (χ0v) is 16.3. The molecular formula is C20H23N5O3. The number of hydrogen-bond donors (Lipinski definition) is 0. The van der Waals surface area contributed by atoms with Crippen molar-refractivity contribution in [3.05, 3.63) is 36.2 Å². The lowest BCUT2D eigenvalue weighted by molar-refractivity contribution is -0.130. The van der Waals surface area contributed by atoms with Gasteiger partial charge in [0, 0.05) is 39.1 Å². The van der Waals surface area contributed by atoms with E-state index in [9.17, 15) is 9.59 Å². The molecule has 0 bridgehead atoms. The van der Waals surface area contributed by atoms with Gasteiger partial charge in [-0.3, -0.25) is 9.59 Å². The molecule has 0 unspecified atom stereocenters. The van der Waals surface area contributed by atoms with Crippen molar-refractivity contribution < 1.29 is 14.0 Å². The van der Waals surface area contributed by atoms with E-state index in [-0.39, 0.29) is 17.9 Å². The second kappa shape index (κ2) is 7.10. The summed E-state index contributed by atoms with van der Waals surface area (Å²) >= 11 is 0. The van der Waals surface area contributed by atoms with E-state index in [0.717, 1.165) is 5.39 Å². The van der Waals surface area contributed by atoms with Gasteiger partial charge in [0.1, 0.15) is 5.69 Å². The maximum Gasteiger partial charge on any atom is 0.254 e. The lowest BCUT2D eigenvalue weighted by Crippen LogP contribution is -2.50. The van der Waals surface area contributed by atoms with Crippen LogP contribution in [-0.2, 0) is 4.79 Å². The Labute approximate surface area is 162 Å². The third kappa shape index (κ3) is 3.15. The monoisotopic (exact) mass is 381 g/mol. The van der Waals surface area contributed by atoms with Crippen LogP contribution in [0.4, 0.5) is 0 Å². The zero-order chi connectivity index (χ0) is 19.8. The molecule has 2 amide bonds. The van der Waals surface area contributed by atoms with Crippen LogP contribution in [0.3, 0.4) is 0 Å². The van der Waals surface area contributed by atoms with Crippen molar-refractivity contribution in [1.29, 1.82) is 0 Å². The minimum atomic E-state index is -0.0771. The first-order chi connectivity index (χ1) is 13.5. The molecule has 1 saturated heterocycles. The summed E-state index contributed by atoms with van der Waals surface area (Å²) in [6, 6.07) is 5.50. The third-order valence-electron chi connectivity index (χ3n) is 5.07. The molecule has 8 heteroatoms. The molecule has 0 atom stereocenters. The fourth-order valence-electron chi connectivity index (χ4n) is 3.52. The highest BCUT2D eigenvalue weighted by molar-refractivity contribution is 6.06. The van der Waals surface area contributed by atoms with Gasteiger partial charge in [-0.1, -0.05) is 0 Å². The van der Waals surface area contributed by atoms with Crippen LogP contribution in [-0.4, -0.2) is 62.6 Å². The minimum absolute atomic E-state index is 0.0386. The maximum absolute atomic E-state index is 13.3. The summed E-state index contributed by atoms with van der Waals surface area (Å²) in [5.74, 6) is 0.567. The van der Waals surface area contributed by atoms with E-state index >= 15 is 0 Å². The summed E-state index contributed by atoms with van der Waals surface area (Å²) in [6.07, 6.45) is 3.29. The van der Waals surface area contributed by atoms with Crippen molar-refractivity contribution >= 4 is 22.8 Å². The molecule has 146 valence electrons. The normalized spacial score (nSPS) is 14.9. The molecule has 0 aliphatic carbocycles. The van der Waals surface area contributed by atoms with E-state index in [4.69, 9.17) is 9.40 Å². The van der Waals surface area contributed by atoms with Gasteiger partial charge in [0.25, 0.3) is 5.91 Å². The third-order valence-corrected chi connectivity index (χ3v) is 5.07. The van der Waals surface area contributed by atoms with Crippen LogP contribution in [0.1, 0.15) is 37.2 Å². The van der Waals surface area contributed by atoms with Gasteiger partial charge in [-0.2, -0.15) is 5.10 Å². The molecule has 0 spiro atoms. The Kier molecular flexibility index (Phi) is 4.62. The first-order valence-corrected chi connectivity index (χ1v) is 9.42. The van der Waals surface area contributed by atoms with Crippen molar-refractivity contribution in [3.8, 4) is 11.5 Å². The Hall–Kier alpha value is -3.16. The van der Waals surface area contributed by atoms with Crippen molar-refractivity contribution in [3.63, 3.8) is 0 Å². The van der Waals surface area contributed by atoms with E-state index in [1.165, 1.54) is 0 Å². The molecule has 3 aromatic rings. The highest BCUT2D eigenvalue weighted by Gasteiger charge is 2.26. The van der Waals surface area contributed by atoms with E-state index in [1.807, 2.05) is 24.6 Å². The molecule has 28 heavy (non-hydrogen) atoms. The first-order valence-electron chi connectivity index (χ1n) is 9.42. The van der Waals surface area contributed by atoms with E-state index in [0.29, 0.717) is 48.8 Å². The number of hydrogen-bond acceptors (Lipinski definition) is 5. The van der Waals surface area contributed by atoms with Gasteiger partial charge in [0.15, 0.2) is 11.4 Å². The molecule has 3 aromatic heterocycles. The lowest BCUT2D eigenvalue weighted by Gasteiger charge is -2.34. The van der Waals surface area contributed by atoms with Gasteiger partial charge in [0.05, 0.1) is 23.4 Å². The van der Waals surface area contributed by atoms with Crippen molar-refractivity contribution in [1.82, 2.24) is 24.6 Å².